The van der Waals surface area contributed by atoms with Gasteiger partial charge in [0, 0.05) is 38.4 Å². The first kappa shape index (κ1) is 22.3. The first-order valence-corrected chi connectivity index (χ1v) is 11.6. The molecule has 2 aliphatic rings. The Morgan fingerprint density at radius 1 is 0.969 bits per heavy atom. The Morgan fingerprint density at radius 3 is 2.53 bits per heavy atom. The Labute approximate surface area is 189 Å². The zero-order valence-corrected chi connectivity index (χ0v) is 18.5. The van der Waals surface area contributed by atoms with Crippen LogP contribution in [0.15, 0.2) is 53.5 Å². The maximum atomic E-state index is 12.9. The normalized spacial score (nSPS) is 19.1. The molecule has 7 heteroatoms. The monoisotopic (exact) mass is 436 g/mol. The third kappa shape index (κ3) is 5.85. The van der Waals surface area contributed by atoms with E-state index in [1.165, 1.54) is 48.8 Å². The fourth-order valence-electron chi connectivity index (χ4n) is 4.69. The van der Waals surface area contributed by atoms with Crippen molar-refractivity contribution < 1.29 is 9.59 Å². The van der Waals surface area contributed by atoms with Crippen LogP contribution in [-0.2, 0) is 17.9 Å². The van der Waals surface area contributed by atoms with Crippen LogP contribution in [0.2, 0.25) is 0 Å². The van der Waals surface area contributed by atoms with Crippen molar-refractivity contribution in [2.24, 2.45) is 5.92 Å². The second-order valence-electron chi connectivity index (χ2n) is 8.91. The summed E-state index contributed by atoms with van der Waals surface area (Å²) < 4.78 is 1.35. The van der Waals surface area contributed by atoms with Crippen molar-refractivity contribution in [1.29, 1.82) is 0 Å². The van der Waals surface area contributed by atoms with E-state index in [1.807, 2.05) is 35.2 Å². The highest BCUT2D eigenvalue weighted by Crippen LogP contribution is 2.20. The number of nitrogens with zero attached hydrogens (tertiary/aromatic N) is 3. The summed E-state index contributed by atoms with van der Waals surface area (Å²) in [6, 6.07) is 12.5. The fourth-order valence-corrected chi connectivity index (χ4v) is 4.69. The second-order valence-corrected chi connectivity index (χ2v) is 8.91. The number of rotatable bonds is 7. The van der Waals surface area contributed by atoms with Crippen LogP contribution in [0.4, 0.5) is 0 Å². The van der Waals surface area contributed by atoms with Gasteiger partial charge in [-0.15, -0.1) is 0 Å². The first-order chi connectivity index (χ1) is 15.6. The van der Waals surface area contributed by atoms with Gasteiger partial charge in [-0.2, -0.15) is 0 Å². The van der Waals surface area contributed by atoms with E-state index in [0.29, 0.717) is 18.0 Å². The van der Waals surface area contributed by atoms with Crippen LogP contribution in [-0.4, -0.2) is 58.9 Å². The molecule has 2 amide bonds. The summed E-state index contributed by atoms with van der Waals surface area (Å²) in [5, 5.41) is 2.86. The minimum absolute atomic E-state index is 0.0327. The van der Waals surface area contributed by atoms with Crippen molar-refractivity contribution in [3.05, 3.63) is 70.1 Å². The molecule has 1 N–H and O–H groups in total. The smallest absolute Gasteiger partial charge is 0.253 e. The molecular weight excluding hydrogens is 404 g/mol. The van der Waals surface area contributed by atoms with Crippen LogP contribution in [0.5, 0.6) is 0 Å². The lowest BCUT2D eigenvalue weighted by atomic mass is 9.97. The molecule has 7 nitrogen and oxygen atoms in total. The lowest BCUT2D eigenvalue weighted by Gasteiger charge is -2.34. The van der Waals surface area contributed by atoms with Crippen molar-refractivity contribution in [3.63, 3.8) is 0 Å². The molecule has 0 radical (unpaired) electrons. The molecule has 2 aliphatic heterocycles. The molecule has 4 rings (SSSR count). The molecule has 0 bridgehead atoms. The van der Waals surface area contributed by atoms with E-state index in [0.717, 1.165) is 38.0 Å². The molecule has 0 unspecified atom stereocenters. The Balaban J connectivity index is 1.35. The second kappa shape index (κ2) is 10.6. The molecule has 1 aromatic carbocycles. The van der Waals surface area contributed by atoms with Crippen LogP contribution in [0.1, 0.15) is 41.6 Å². The van der Waals surface area contributed by atoms with Gasteiger partial charge in [0.2, 0.25) is 5.91 Å². The minimum Gasteiger partial charge on any atom is -0.348 e. The molecule has 2 aromatic rings. The zero-order chi connectivity index (χ0) is 22.3. The van der Waals surface area contributed by atoms with E-state index < -0.39 is 0 Å². The summed E-state index contributed by atoms with van der Waals surface area (Å²) in [5.41, 5.74) is 1.10. The molecule has 1 aromatic heterocycles. The summed E-state index contributed by atoms with van der Waals surface area (Å²) in [4.78, 5) is 42.2. The largest absolute Gasteiger partial charge is 0.348 e. The number of benzene rings is 1. The molecule has 2 fully saturated rings. The van der Waals surface area contributed by atoms with Gasteiger partial charge >= 0.3 is 0 Å². The number of piperidine rings is 1. The average molecular weight is 437 g/mol. The van der Waals surface area contributed by atoms with Crippen molar-refractivity contribution in [1.82, 2.24) is 19.7 Å². The topological polar surface area (TPSA) is 74.6 Å². The van der Waals surface area contributed by atoms with Gasteiger partial charge in [0.25, 0.3) is 11.5 Å². The molecule has 170 valence electrons. The highest BCUT2D eigenvalue weighted by molar-refractivity contribution is 5.93. The van der Waals surface area contributed by atoms with Crippen LogP contribution < -0.4 is 10.9 Å². The highest BCUT2D eigenvalue weighted by atomic mass is 16.2. The average Bonchev–Trinajstić information content (AvgIpc) is 3.33. The van der Waals surface area contributed by atoms with Crippen molar-refractivity contribution in [2.75, 3.05) is 32.7 Å². The number of likely N-dealkylation sites (tertiary alicyclic amines) is 2. The number of carbonyl (C=O) groups is 2. The Hall–Kier alpha value is -2.93. The molecule has 3 heterocycles. The summed E-state index contributed by atoms with van der Waals surface area (Å²) in [7, 11) is 0. The quantitative estimate of drug-likeness (QED) is 0.722. The number of hydrogen-bond acceptors (Lipinski definition) is 4. The van der Waals surface area contributed by atoms with E-state index >= 15 is 0 Å². The number of nitrogens with one attached hydrogen (secondary N) is 1. The van der Waals surface area contributed by atoms with Crippen molar-refractivity contribution in [3.8, 4) is 0 Å². The van der Waals surface area contributed by atoms with Gasteiger partial charge in [-0.25, -0.2) is 0 Å². The lowest BCUT2D eigenvalue weighted by Crippen LogP contribution is -2.45. The summed E-state index contributed by atoms with van der Waals surface area (Å²) in [6.07, 6.45) is 6.19. The minimum atomic E-state index is -0.274. The number of hydrogen-bond donors (Lipinski definition) is 1. The molecule has 1 atom stereocenters. The van der Waals surface area contributed by atoms with Gasteiger partial charge in [-0.1, -0.05) is 30.3 Å². The van der Waals surface area contributed by atoms with Gasteiger partial charge in [0.05, 0.1) is 5.56 Å². The third-order valence-corrected chi connectivity index (χ3v) is 6.43. The maximum absolute atomic E-state index is 12.9. The molecule has 2 saturated heterocycles. The molecule has 0 aliphatic carbocycles. The molecule has 0 spiro atoms. The molecular formula is C25H32N4O3. The van der Waals surface area contributed by atoms with Crippen LogP contribution >= 0.6 is 0 Å². The zero-order valence-electron chi connectivity index (χ0n) is 18.5. The van der Waals surface area contributed by atoms with Crippen LogP contribution in [0.3, 0.4) is 0 Å². The summed E-state index contributed by atoms with van der Waals surface area (Å²) in [5.74, 6) is 0.177. The number of carbonyl (C=O) groups excluding carboxylic acids is 2. The van der Waals surface area contributed by atoms with E-state index in [-0.39, 0.29) is 23.9 Å². The number of amides is 2. The first-order valence-electron chi connectivity index (χ1n) is 11.6. The van der Waals surface area contributed by atoms with Crippen molar-refractivity contribution in [2.45, 2.75) is 38.8 Å². The van der Waals surface area contributed by atoms with E-state index in [1.54, 1.807) is 0 Å². The van der Waals surface area contributed by atoms with E-state index in [9.17, 15) is 14.4 Å². The van der Waals surface area contributed by atoms with Gasteiger partial charge in [-0.3, -0.25) is 14.4 Å². The third-order valence-electron chi connectivity index (χ3n) is 6.43. The van der Waals surface area contributed by atoms with Gasteiger partial charge < -0.3 is 19.7 Å². The van der Waals surface area contributed by atoms with E-state index in [4.69, 9.17) is 0 Å². The van der Waals surface area contributed by atoms with Crippen LogP contribution in [0, 0.1) is 5.92 Å². The van der Waals surface area contributed by atoms with Crippen LogP contribution in [0.25, 0.3) is 0 Å². The molecule has 32 heavy (non-hydrogen) atoms. The summed E-state index contributed by atoms with van der Waals surface area (Å²) in [6.45, 7) is 5.25. The standard InChI is InChI=1S/C25H32N4O3/c30-23-11-10-22(25(32)26-15-20-7-2-1-3-8-20)18-29(23)19-24(31)28-14-6-9-21(17-28)16-27-12-4-5-13-27/h1-3,7-8,10-11,18,21H,4-6,9,12-17,19H2,(H,26,32)/t21-/m0/s1. The summed E-state index contributed by atoms with van der Waals surface area (Å²) >= 11 is 0. The molecule has 0 saturated carbocycles. The van der Waals surface area contributed by atoms with Gasteiger partial charge in [0.15, 0.2) is 0 Å². The Kier molecular flexibility index (Phi) is 7.37. The Morgan fingerprint density at radius 2 is 1.75 bits per heavy atom. The van der Waals surface area contributed by atoms with E-state index in [2.05, 4.69) is 10.2 Å². The number of aromatic nitrogens is 1. The Bertz CT molecular complexity index is 982. The lowest BCUT2D eigenvalue weighted by molar-refractivity contribution is -0.133. The predicted octanol–water partition coefficient (Wildman–Crippen LogP) is 2.11. The van der Waals surface area contributed by atoms with Gasteiger partial charge in [-0.05, 0) is 56.3 Å². The highest BCUT2D eigenvalue weighted by Gasteiger charge is 2.26. The SMILES string of the molecule is O=C(NCc1ccccc1)c1ccc(=O)n(CC(=O)N2CCC[C@@H](CN3CCCC3)C2)c1. The maximum Gasteiger partial charge on any atom is 0.253 e. The van der Waals surface area contributed by atoms with Crippen molar-refractivity contribution >= 4 is 11.8 Å². The fraction of sp³-hybridized carbons (Fsp3) is 0.480. The number of pyridine rings is 1. The van der Waals surface area contributed by atoms with Gasteiger partial charge in [0.1, 0.15) is 6.54 Å². The predicted molar refractivity (Wildman–Crippen MR) is 123 cm³/mol.